The molecule has 1 aliphatic rings. The largest absolute Gasteiger partial charge is 0.298 e. The van der Waals surface area contributed by atoms with Gasteiger partial charge in [0.25, 0.3) is 0 Å². The molecule has 1 aliphatic heterocycles. The summed E-state index contributed by atoms with van der Waals surface area (Å²) in [6.45, 7) is 3.68. The van der Waals surface area contributed by atoms with E-state index < -0.39 is 0 Å². The molecule has 90 valence electrons. The third-order valence-electron chi connectivity index (χ3n) is 3.39. The van der Waals surface area contributed by atoms with Crippen molar-refractivity contribution in [2.24, 2.45) is 0 Å². The van der Waals surface area contributed by atoms with Gasteiger partial charge in [0, 0.05) is 26.0 Å². The van der Waals surface area contributed by atoms with Gasteiger partial charge in [-0.1, -0.05) is 28.4 Å². The topological polar surface area (TPSA) is 3.24 Å². The van der Waals surface area contributed by atoms with E-state index in [2.05, 4.69) is 45.1 Å². The van der Waals surface area contributed by atoms with E-state index in [1.807, 2.05) is 11.3 Å². The molecule has 1 nitrogen and oxygen atoms in total. The summed E-state index contributed by atoms with van der Waals surface area (Å²) >= 11 is 5.56. The summed E-state index contributed by atoms with van der Waals surface area (Å²) in [5.74, 6) is 0. The van der Waals surface area contributed by atoms with Crippen LogP contribution in [0.4, 0.5) is 0 Å². The van der Waals surface area contributed by atoms with Gasteiger partial charge < -0.3 is 0 Å². The highest BCUT2D eigenvalue weighted by Crippen LogP contribution is 2.32. The van der Waals surface area contributed by atoms with E-state index in [9.17, 15) is 0 Å². The number of likely N-dealkylation sites (tertiary alicyclic amines) is 1. The summed E-state index contributed by atoms with van der Waals surface area (Å²) in [4.78, 5) is 4.08. The van der Waals surface area contributed by atoms with E-state index in [4.69, 9.17) is 0 Å². The highest BCUT2D eigenvalue weighted by Gasteiger charge is 2.12. The second kappa shape index (κ2) is 5.09. The molecule has 2 aromatic rings. The quantitative estimate of drug-likeness (QED) is 0.780. The molecule has 0 aliphatic carbocycles. The lowest BCUT2D eigenvalue weighted by molar-refractivity contribution is 0.223. The Kier molecular flexibility index (Phi) is 3.50. The summed E-state index contributed by atoms with van der Waals surface area (Å²) < 4.78 is 2.61. The van der Waals surface area contributed by atoms with Gasteiger partial charge in [0.1, 0.15) is 0 Å². The van der Waals surface area contributed by atoms with Gasteiger partial charge in [0.15, 0.2) is 0 Å². The fraction of sp³-hybridized carbons (Fsp3) is 0.429. The van der Waals surface area contributed by atoms with Crippen molar-refractivity contribution in [1.29, 1.82) is 0 Å². The second-order valence-corrected chi connectivity index (χ2v) is 6.72. The highest BCUT2D eigenvalue weighted by atomic mass is 79.9. The molecule has 0 bridgehead atoms. The summed E-state index contributed by atoms with van der Waals surface area (Å²) in [6.07, 6.45) is 4.15. The number of nitrogens with zero attached hydrogens (tertiary/aromatic N) is 1. The average molecular weight is 310 g/mol. The first kappa shape index (κ1) is 11.7. The van der Waals surface area contributed by atoms with E-state index in [1.54, 1.807) is 0 Å². The molecule has 3 rings (SSSR count). The molecule has 0 N–H and O–H groups in total. The SMILES string of the molecule is Brc1cccc2sc(CN3CCCCC3)cc12. The van der Waals surface area contributed by atoms with E-state index in [-0.39, 0.29) is 0 Å². The first-order valence-corrected chi connectivity index (χ1v) is 7.83. The number of halogens is 1. The Labute approximate surface area is 115 Å². The Morgan fingerprint density at radius 1 is 1.18 bits per heavy atom. The standard InChI is InChI=1S/C14H16BrNS/c15-13-5-4-6-14-12(13)9-11(17-14)10-16-7-2-1-3-8-16/h4-6,9H,1-3,7-8,10H2. The predicted octanol–water partition coefficient (Wildman–Crippen LogP) is 4.65. The van der Waals surface area contributed by atoms with Gasteiger partial charge in [-0.15, -0.1) is 11.3 Å². The van der Waals surface area contributed by atoms with Crippen molar-refractivity contribution in [2.45, 2.75) is 25.8 Å². The number of piperidine rings is 1. The van der Waals surface area contributed by atoms with Gasteiger partial charge >= 0.3 is 0 Å². The van der Waals surface area contributed by atoms with Crippen molar-refractivity contribution in [3.05, 3.63) is 33.6 Å². The van der Waals surface area contributed by atoms with Crippen LogP contribution in [0.25, 0.3) is 10.1 Å². The molecule has 0 spiro atoms. The monoisotopic (exact) mass is 309 g/mol. The van der Waals surface area contributed by atoms with Crippen LogP contribution in [0, 0.1) is 0 Å². The highest BCUT2D eigenvalue weighted by molar-refractivity contribution is 9.10. The Morgan fingerprint density at radius 3 is 2.76 bits per heavy atom. The van der Waals surface area contributed by atoms with Gasteiger partial charge in [-0.2, -0.15) is 0 Å². The van der Waals surface area contributed by atoms with Gasteiger partial charge in [-0.25, -0.2) is 0 Å². The van der Waals surface area contributed by atoms with Crippen LogP contribution in [-0.4, -0.2) is 18.0 Å². The Bertz CT molecular complexity index is 514. The van der Waals surface area contributed by atoms with Crippen LogP contribution in [0.5, 0.6) is 0 Å². The average Bonchev–Trinajstić information content (AvgIpc) is 2.74. The fourth-order valence-electron chi connectivity index (χ4n) is 2.49. The maximum absolute atomic E-state index is 3.63. The molecule has 3 heteroatoms. The third kappa shape index (κ3) is 2.56. The normalized spacial score (nSPS) is 17.7. The van der Waals surface area contributed by atoms with Crippen molar-refractivity contribution in [3.63, 3.8) is 0 Å². The van der Waals surface area contributed by atoms with Gasteiger partial charge in [0.05, 0.1) is 0 Å². The third-order valence-corrected chi connectivity index (χ3v) is 5.16. The number of benzene rings is 1. The molecule has 2 heterocycles. The molecule has 1 saturated heterocycles. The lowest BCUT2D eigenvalue weighted by atomic mass is 10.1. The van der Waals surface area contributed by atoms with Crippen LogP contribution in [0.1, 0.15) is 24.1 Å². The zero-order chi connectivity index (χ0) is 11.7. The maximum Gasteiger partial charge on any atom is 0.0357 e. The minimum absolute atomic E-state index is 1.13. The lowest BCUT2D eigenvalue weighted by Gasteiger charge is -2.25. The van der Waals surface area contributed by atoms with Crippen LogP contribution >= 0.6 is 27.3 Å². The number of thiophene rings is 1. The van der Waals surface area contributed by atoms with Crippen molar-refractivity contribution in [2.75, 3.05) is 13.1 Å². The fourth-order valence-corrected chi connectivity index (χ4v) is 4.24. The second-order valence-electron chi connectivity index (χ2n) is 4.70. The molecule has 0 radical (unpaired) electrons. The molecule has 0 amide bonds. The van der Waals surface area contributed by atoms with Crippen molar-refractivity contribution in [3.8, 4) is 0 Å². The van der Waals surface area contributed by atoms with E-state index >= 15 is 0 Å². The van der Waals surface area contributed by atoms with Crippen LogP contribution < -0.4 is 0 Å². The van der Waals surface area contributed by atoms with Crippen molar-refractivity contribution in [1.82, 2.24) is 4.90 Å². The van der Waals surface area contributed by atoms with Gasteiger partial charge in [-0.3, -0.25) is 4.90 Å². The first-order chi connectivity index (χ1) is 8.33. The van der Waals surface area contributed by atoms with Gasteiger partial charge in [0.2, 0.25) is 0 Å². The summed E-state index contributed by atoms with van der Waals surface area (Å²) in [6, 6.07) is 8.80. The van der Waals surface area contributed by atoms with Crippen LogP contribution in [0.2, 0.25) is 0 Å². The first-order valence-electron chi connectivity index (χ1n) is 6.22. The molecule has 17 heavy (non-hydrogen) atoms. The Hall–Kier alpha value is -0.380. The molecule has 0 unspecified atom stereocenters. The molecular formula is C14H16BrNS. The molecular weight excluding hydrogens is 294 g/mol. The summed E-state index contributed by atoms with van der Waals surface area (Å²) in [7, 11) is 0. The zero-order valence-corrected chi connectivity index (χ0v) is 12.2. The van der Waals surface area contributed by atoms with Crippen molar-refractivity contribution >= 4 is 37.4 Å². The lowest BCUT2D eigenvalue weighted by Crippen LogP contribution is -2.28. The molecule has 0 atom stereocenters. The minimum Gasteiger partial charge on any atom is -0.298 e. The van der Waals surface area contributed by atoms with Crippen LogP contribution in [0.15, 0.2) is 28.7 Å². The summed E-state index contributed by atoms with van der Waals surface area (Å²) in [5.41, 5.74) is 0. The van der Waals surface area contributed by atoms with Crippen LogP contribution in [0.3, 0.4) is 0 Å². The smallest absolute Gasteiger partial charge is 0.0357 e. The number of fused-ring (bicyclic) bond motifs is 1. The van der Waals surface area contributed by atoms with E-state index in [0.717, 1.165) is 6.54 Å². The Morgan fingerprint density at radius 2 is 2.00 bits per heavy atom. The molecule has 1 fully saturated rings. The van der Waals surface area contributed by atoms with Crippen molar-refractivity contribution < 1.29 is 0 Å². The number of hydrogen-bond donors (Lipinski definition) is 0. The Balaban J connectivity index is 1.83. The van der Waals surface area contributed by atoms with Crippen LogP contribution in [-0.2, 0) is 6.54 Å². The summed E-state index contributed by atoms with van der Waals surface area (Å²) in [5, 5.41) is 1.37. The minimum atomic E-state index is 1.13. The molecule has 1 aromatic carbocycles. The van der Waals surface area contributed by atoms with E-state index in [0.29, 0.717) is 0 Å². The molecule has 1 aromatic heterocycles. The number of rotatable bonds is 2. The maximum atomic E-state index is 3.63. The van der Waals surface area contributed by atoms with Gasteiger partial charge in [-0.05, 0) is 44.1 Å². The molecule has 0 saturated carbocycles. The van der Waals surface area contributed by atoms with E-state index in [1.165, 1.54) is 51.8 Å². The zero-order valence-electron chi connectivity index (χ0n) is 9.79. The predicted molar refractivity (Wildman–Crippen MR) is 78.7 cm³/mol. The number of hydrogen-bond acceptors (Lipinski definition) is 2.